The van der Waals surface area contributed by atoms with Crippen LogP contribution in [0, 0.1) is 5.92 Å². The molecule has 0 aromatic carbocycles. The first-order valence-electron chi connectivity index (χ1n) is 4.81. The van der Waals surface area contributed by atoms with Gasteiger partial charge >= 0.3 is 0 Å². The van der Waals surface area contributed by atoms with E-state index in [1.807, 2.05) is 7.05 Å². The van der Waals surface area contributed by atoms with Crippen molar-refractivity contribution in [3.05, 3.63) is 0 Å². The Hall–Kier alpha value is -0.160. The Morgan fingerprint density at radius 3 is 2.77 bits per heavy atom. The van der Waals surface area contributed by atoms with Crippen LogP contribution in [0.15, 0.2) is 0 Å². The lowest BCUT2D eigenvalue weighted by atomic mass is 9.82. The van der Waals surface area contributed by atoms with Crippen molar-refractivity contribution in [2.75, 3.05) is 26.8 Å². The molecular formula is C9H19NO3. The summed E-state index contributed by atoms with van der Waals surface area (Å²) in [6.45, 7) is 1.09. The highest BCUT2D eigenvalue weighted by molar-refractivity contribution is 4.81. The summed E-state index contributed by atoms with van der Waals surface area (Å²) < 4.78 is 5.37. The molecule has 1 rings (SSSR count). The molecule has 0 aromatic rings. The van der Waals surface area contributed by atoms with Gasteiger partial charge in [0.2, 0.25) is 0 Å². The van der Waals surface area contributed by atoms with Crippen molar-refractivity contribution < 1.29 is 14.9 Å². The van der Waals surface area contributed by atoms with Gasteiger partial charge in [0, 0.05) is 0 Å². The predicted octanol–water partition coefficient (Wildman–Crippen LogP) is -0.646. The molecule has 78 valence electrons. The van der Waals surface area contributed by atoms with E-state index in [-0.39, 0.29) is 13.2 Å². The van der Waals surface area contributed by atoms with E-state index in [0.717, 1.165) is 25.3 Å². The van der Waals surface area contributed by atoms with Crippen molar-refractivity contribution in [1.29, 1.82) is 0 Å². The first-order valence-corrected chi connectivity index (χ1v) is 4.81. The first kappa shape index (κ1) is 10.9. The van der Waals surface area contributed by atoms with Crippen molar-refractivity contribution in [3.63, 3.8) is 0 Å². The van der Waals surface area contributed by atoms with Gasteiger partial charge in [0.1, 0.15) is 6.10 Å². The van der Waals surface area contributed by atoms with E-state index in [4.69, 9.17) is 14.9 Å². The number of hydrogen-bond donors (Lipinski definition) is 3. The van der Waals surface area contributed by atoms with Crippen molar-refractivity contribution in [1.82, 2.24) is 5.32 Å². The zero-order valence-electron chi connectivity index (χ0n) is 8.07. The van der Waals surface area contributed by atoms with Crippen LogP contribution in [0.1, 0.15) is 12.8 Å². The SMILES string of the molecule is CNCC1CC(OCC(O)CO)C1. The molecule has 1 fully saturated rings. The van der Waals surface area contributed by atoms with E-state index < -0.39 is 6.10 Å². The molecule has 1 aliphatic rings. The van der Waals surface area contributed by atoms with E-state index in [2.05, 4.69) is 5.32 Å². The monoisotopic (exact) mass is 189 g/mol. The molecule has 1 saturated carbocycles. The average molecular weight is 189 g/mol. The number of rotatable bonds is 6. The molecule has 4 heteroatoms. The van der Waals surface area contributed by atoms with Gasteiger partial charge in [-0.25, -0.2) is 0 Å². The summed E-state index contributed by atoms with van der Waals surface area (Å²) in [6.07, 6.45) is 1.71. The Labute approximate surface area is 78.9 Å². The number of aliphatic hydroxyl groups excluding tert-OH is 2. The second-order valence-corrected chi connectivity index (χ2v) is 3.69. The molecule has 13 heavy (non-hydrogen) atoms. The molecule has 0 heterocycles. The first-order chi connectivity index (χ1) is 6.26. The van der Waals surface area contributed by atoms with Crippen LogP contribution in [-0.4, -0.2) is 49.2 Å². The van der Waals surface area contributed by atoms with E-state index in [0.29, 0.717) is 6.10 Å². The van der Waals surface area contributed by atoms with Crippen molar-refractivity contribution in [2.24, 2.45) is 5.92 Å². The highest BCUT2D eigenvalue weighted by atomic mass is 16.5. The summed E-state index contributed by atoms with van der Waals surface area (Å²) in [7, 11) is 1.95. The fraction of sp³-hybridized carbons (Fsp3) is 1.00. The second-order valence-electron chi connectivity index (χ2n) is 3.69. The number of aliphatic hydroxyl groups is 2. The largest absolute Gasteiger partial charge is 0.394 e. The van der Waals surface area contributed by atoms with E-state index in [1.54, 1.807) is 0 Å². The van der Waals surface area contributed by atoms with Gasteiger partial charge in [-0.3, -0.25) is 0 Å². The number of ether oxygens (including phenoxy) is 1. The molecule has 3 N–H and O–H groups in total. The fourth-order valence-corrected chi connectivity index (χ4v) is 1.57. The summed E-state index contributed by atoms with van der Waals surface area (Å²) in [4.78, 5) is 0. The molecular weight excluding hydrogens is 170 g/mol. The zero-order valence-corrected chi connectivity index (χ0v) is 8.07. The highest BCUT2D eigenvalue weighted by Gasteiger charge is 2.29. The van der Waals surface area contributed by atoms with Gasteiger partial charge in [0.25, 0.3) is 0 Å². The molecule has 1 unspecified atom stereocenters. The molecule has 0 bridgehead atoms. The summed E-state index contributed by atoms with van der Waals surface area (Å²) in [6, 6.07) is 0. The minimum absolute atomic E-state index is 0.216. The molecule has 0 aromatic heterocycles. The Kier molecular flexibility index (Phi) is 4.66. The number of nitrogens with one attached hydrogen (secondary N) is 1. The lowest BCUT2D eigenvalue weighted by Gasteiger charge is -2.35. The van der Waals surface area contributed by atoms with Gasteiger partial charge in [-0.1, -0.05) is 0 Å². The van der Waals surface area contributed by atoms with Crippen LogP contribution in [0.25, 0.3) is 0 Å². The van der Waals surface area contributed by atoms with Crippen LogP contribution in [0.5, 0.6) is 0 Å². The Bertz CT molecular complexity index is 137. The Morgan fingerprint density at radius 2 is 2.23 bits per heavy atom. The van der Waals surface area contributed by atoms with Gasteiger partial charge in [-0.15, -0.1) is 0 Å². The predicted molar refractivity (Wildman–Crippen MR) is 49.5 cm³/mol. The third-order valence-electron chi connectivity index (χ3n) is 2.42. The average Bonchev–Trinajstić information content (AvgIpc) is 2.08. The summed E-state index contributed by atoms with van der Waals surface area (Å²) in [5, 5.41) is 20.7. The van der Waals surface area contributed by atoms with E-state index in [1.165, 1.54) is 0 Å². The molecule has 4 nitrogen and oxygen atoms in total. The topological polar surface area (TPSA) is 61.7 Å². The number of hydrogen-bond acceptors (Lipinski definition) is 4. The third kappa shape index (κ3) is 3.60. The maximum absolute atomic E-state index is 9.01. The van der Waals surface area contributed by atoms with Gasteiger partial charge < -0.3 is 20.3 Å². The van der Waals surface area contributed by atoms with Crippen LogP contribution in [0.3, 0.4) is 0 Å². The molecule has 0 radical (unpaired) electrons. The summed E-state index contributed by atoms with van der Waals surface area (Å²) >= 11 is 0. The van der Waals surface area contributed by atoms with Crippen LogP contribution in [0.4, 0.5) is 0 Å². The lowest BCUT2D eigenvalue weighted by Crippen LogP contribution is -2.38. The molecule has 1 aliphatic carbocycles. The Morgan fingerprint density at radius 1 is 1.54 bits per heavy atom. The van der Waals surface area contributed by atoms with Gasteiger partial charge in [0.15, 0.2) is 0 Å². The Balaban J connectivity index is 1.95. The van der Waals surface area contributed by atoms with Crippen molar-refractivity contribution >= 4 is 0 Å². The van der Waals surface area contributed by atoms with Crippen molar-refractivity contribution in [2.45, 2.75) is 25.0 Å². The van der Waals surface area contributed by atoms with Crippen LogP contribution in [-0.2, 0) is 4.74 Å². The minimum atomic E-state index is -0.719. The lowest BCUT2D eigenvalue weighted by molar-refractivity contribution is -0.0731. The summed E-state index contributed by atoms with van der Waals surface area (Å²) in [5.41, 5.74) is 0. The summed E-state index contributed by atoms with van der Waals surface area (Å²) in [5.74, 6) is 0.723. The van der Waals surface area contributed by atoms with Crippen molar-refractivity contribution in [3.8, 4) is 0 Å². The van der Waals surface area contributed by atoms with E-state index in [9.17, 15) is 0 Å². The molecule has 0 aliphatic heterocycles. The fourth-order valence-electron chi connectivity index (χ4n) is 1.57. The standard InChI is InChI=1S/C9H19NO3/c1-10-4-7-2-9(3-7)13-6-8(12)5-11/h7-12H,2-6H2,1H3. The minimum Gasteiger partial charge on any atom is -0.394 e. The maximum atomic E-state index is 9.01. The third-order valence-corrected chi connectivity index (χ3v) is 2.42. The highest BCUT2D eigenvalue weighted by Crippen LogP contribution is 2.29. The van der Waals surface area contributed by atoms with Crippen LogP contribution < -0.4 is 5.32 Å². The van der Waals surface area contributed by atoms with Crippen LogP contribution in [0.2, 0.25) is 0 Å². The van der Waals surface area contributed by atoms with Gasteiger partial charge in [-0.2, -0.15) is 0 Å². The van der Waals surface area contributed by atoms with Gasteiger partial charge in [-0.05, 0) is 32.4 Å². The zero-order chi connectivity index (χ0) is 9.68. The van der Waals surface area contributed by atoms with Gasteiger partial charge in [0.05, 0.1) is 19.3 Å². The molecule has 1 atom stereocenters. The van der Waals surface area contributed by atoms with Crippen LogP contribution >= 0.6 is 0 Å². The maximum Gasteiger partial charge on any atom is 0.100 e. The molecule has 0 saturated heterocycles. The second kappa shape index (κ2) is 5.54. The quantitative estimate of drug-likeness (QED) is 0.520. The molecule has 0 spiro atoms. The smallest absolute Gasteiger partial charge is 0.100 e. The van der Waals surface area contributed by atoms with E-state index >= 15 is 0 Å². The normalized spacial score (nSPS) is 29.8. The molecule has 0 amide bonds.